The van der Waals surface area contributed by atoms with Crippen LogP contribution >= 0.6 is 58.2 Å². The van der Waals surface area contributed by atoms with Gasteiger partial charge in [-0.05, 0) is 60.2 Å². The van der Waals surface area contributed by atoms with Gasteiger partial charge >= 0.3 is 18.1 Å². The van der Waals surface area contributed by atoms with Crippen molar-refractivity contribution >= 4 is 105 Å². The molecule has 0 aromatic heterocycles. The highest BCUT2D eigenvalue weighted by Gasteiger charge is 2.59. The maximum atomic E-state index is 13.8. The number of anilines is 2. The van der Waals surface area contributed by atoms with Crippen LogP contribution in [0, 0.1) is 0 Å². The molecule has 0 bridgehead atoms. The summed E-state index contributed by atoms with van der Waals surface area (Å²) in [6.45, 7) is -0.826. The SMILES string of the molecule is CN(c1ccccc1)c1ccc2c(c1)Oc1cc(OC(=O)OCc3ccc(OCC4=C(C(=O)O)N5C(=O)[C@@H](NC(=O)[C@H]6/C(=C/CO)O[C@@H]7CC(=O)N76)C5SC4)cc3)ccc1C21OC(=O)c2c(Cl)c(Cl)c(Cl)c(Cl)c21. The maximum absolute atomic E-state index is 13.8. The van der Waals surface area contributed by atoms with Gasteiger partial charge in [-0.3, -0.25) is 24.2 Å². The molecule has 23 heteroatoms. The molecule has 6 aliphatic rings. The molecule has 0 saturated carbocycles. The van der Waals surface area contributed by atoms with Crippen molar-refractivity contribution in [3.8, 4) is 23.0 Å². The predicted octanol–water partition coefficient (Wildman–Crippen LogP) is 8.30. The summed E-state index contributed by atoms with van der Waals surface area (Å²) in [7, 11) is 1.88. The number of nitrogens with one attached hydrogen (secondary N) is 1. The van der Waals surface area contributed by atoms with E-state index in [2.05, 4.69) is 5.32 Å². The van der Waals surface area contributed by atoms with Crippen molar-refractivity contribution in [2.75, 3.05) is 30.9 Å². The number of benzene rings is 5. The summed E-state index contributed by atoms with van der Waals surface area (Å²) in [5.74, 6) is -2.75. The molecular weight excluding hydrogens is 1070 g/mol. The zero-order chi connectivity index (χ0) is 51.9. The average molecular weight is 1100 g/mol. The van der Waals surface area contributed by atoms with E-state index in [9.17, 15) is 39.0 Å². The lowest BCUT2D eigenvalue weighted by Crippen LogP contribution is -2.72. The Kier molecular flexibility index (Phi) is 12.6. The van der Waals surface area contributed by atoms with Gasteiger partial charge in [-0.2, -0.15) is 0 Å². The van der Waals surface area contributed by atoms with Gasteiger partial charge in [0.25, 0.3) is 11.8 Å². The van der Waals surface area contributed by atoms with Crippen molar-refractivity contribution in [3.63, 3.8) is 0 Å². The number of hydrogen-bond donors (Lipinski definition) is 3. The Morgan fingerprint density at radius 2 is 1.58 bits per heavy atom. The first-order valence-corrected chi connectivity index (χ1v) is 25.1. The third kappa shape index (κ3) is 8.00. The van der Waals surface area contributed by atoms with Gasteiger partial charge in [0, 0.05) is 58.6 Å². The van der Waals surface area contributed by atoms with Gasteiger partial charge in [-0.25, -0.2) is 14.4 Å². The molecule has 5 aromatic carbocycles. The number of hydrogen-bond acceptors (Lipinski definition) is 15. The smallest absolute Gasteiger partial charge is 0.489 e. The zero-order valence-corrected chi connectivity index (χ0v) is 42.0. The number of carbonyl (C=O) groups excluding carboxylic acids is 5. The second kappa shape index (κ2) is 19.0. The topological polar surface area (TPSA) is 220 Å². The largest absolute Gasteiger partial charge is 0.514 e. The van der Waals surface area contributed by atoms with Crippen LogP contribution in [0.2, 0.25) is 20.1 Å². The summed E-state index contributed by atoms with van der Waals surface area (Å²) in [5.41, 5.74) is 1.31. The van der Waals surface area contributed by atoms with E-state index in [4.69, 9.17) is 74.8 Å². The molecule has 5 atom stereocenters. The van der Waals surface area contributed by atoms with E-state index in [-0.39, 0.29) is 91.2 Å². The maximum Gasteiger partial charge on any atom is 0.514 e. The summed E-state index contributed by atoms with van der Waals surface area (Å²) in [4.78, 5) is 82.7. The molecule has 18 nitrogen and oxygen atoms in total. The zero-order valence-electron chi connectivity index (χ0n) is 38.1. The monoisotopic (exact) mass is 1100 g/mol. The number of carboxylic acids is 1. The highest BCUT2D eigenvalue weighted by atomic mass is 35.5. The van der Waals surface area contributed by atoms with E-state index >= 15 is 0 Å². The van der Waals surface area contributed by atoms with Crippen LogP contribution in [-0.4, -0.2) is 106 Å². The Morgan fingerprint density at radius 3 is 2.30 bits per heavy atom. The molecule has 0 aliphatic carbocycles. The number of β-lactam (4-membered cyclic amide) rings is 2. The fourth-order valence-corrected chi connectivity index (χ4v) is 12.1. The highest BCUT2D eigenvalue weighted by Crippen LogP contribution is 2.61. The summed E-state index contributed by atoms with van der Waals surface area (Å²) >= 11 is 27.8. The van der Waals surface area contributed by atoms with Crippen LogP contribution in [0.25, 0.3) is 0 Å². The number of aliphatic hydroxyl groups is 1. The van der Waals surface area contributed by atoms with Gasteiger partial charge in [-0.15, -0.1) is 11.8 Å². The highest BCUT2D eigenvalue weighted by molar-refractivity contribution is 8.00. The van der Waals surface area contributed by atoms with E-state index in [1.165, 1.54) is 34.9 Å². The molecule has 11 rings (SSSR count). The number of rotatable bonds is 12. The van der Waals surface area contributed by atoms with Crippen molar-refractivity contribution < 1.29 is 67.4 Å². The van der Waals surface area contributed by atoms with Crippen LogP contribution in [0.3, 0.4) is 0 Å². The predicted molar refractivity (Wildman–Crippen MR) is 267 cm³/mol. The summed E-state index contributed by atoms with van der Waals surface area (Å²) in [6, 6.07) is 23.6. The van der Waals surface area contributed by atoms with Crippen LogP contribution in [0.15, 0.2) is 114 Å². The minimum absolute atomic E-state index is 0.0193. The number of ether oxygens (including phenoxy) is 6. The van der Waals surface area contributed by atoms with Crippen LogP contribution in [0.5, 0.6) is 23.0 Å². The first-order chi connectivity index (χ1) is 35.6. The van der Waals surface area contributed by atoms with Gasteiger partial charge in [0.2, 0.25) is 5.91 Å². The van der Waals surface area contributed by atoms with Gasteiger partial charge < -0.3 is 48.9 Å². The van der Waals surface area contributed by atoms with Crippen LogP contribution in [0.4, 0.5) is 16.2 Å². The lowest BCUT2D eigenvalue weighted by molar-refractivity contribution is -0.160. The Morgan fingerprint density at radius 1 is 0.878 bits per heavy atom. The van der Waals surface area contributed by atoms with Crippen LogP contribution in [-0.2, 0) is 45.6 Å². The van der Waals surface area contributed by atoms with Crippen LogP contribution < -0.4 is 24.4 Å². The van der Waals surface area contributed by atoms with Crippen molar-refractivity contribution in [2.24, 2.45) is 0 Å². The molecule has 0 radical (unpaired) electrons. The molecule has 3 amide bonds. The minimum Gasteiger partial charge on any atom is -0.489 e. The minimum atomic E-state index is -1.73. The Labute approximate surface area is 443 Å². The number of aliphatic hydroxyl groups excluding tert-OH is 1. The number of thioether (sulfide) groups is 1. The molecule has 74 heavy (non-hydrogen) atoms. The van der Waals surface area contributed by atoms with E-state index in [1.807, 2.05) is 48.3 Å². The van der Waals surface area contributed by atoms with E-state index in [0.717, 1.165) is 16.3 Å². The van der Waals surface area contributed by atoms with Gasteiger partial charge in [-0.1, -0.05) is 76.7 Å². The van der Waals surface area contributed by atoms with Gasteiger partial charge in [0.05, 0.1) is 38.7 Å². The number of halogens is 4. The number of esters is 1. The average Bonchev–Trinajstić information content (AvgIpc) is 3.87. The number of carbonyl (C=O) groups is 6. The Bertz CT molecular complexity index is 3340. The number of nitrogens with zero attached hydrogens (tertiary/aromatic N) is 3. The quantitative estimate of drug-likeness (QED) is 0.0352. The molecule has 6 aliphatic heterocycles. The van der Waals surface area contributed by atoms with Crippen molar-refractivity contribution in [2.45, 2.75) is 42.3 Å². The molecular formula is C51H36Cl4N4O14S. The number of fused-ring (bicyclic) bond motifs is 8. The molecule has 6 heterocycles. The molecule has 5 aromatic rings. The molecule has 3 fully saturated rings. The molecule has 2 unspecified atom stereocenters. The first-order valence-electron chi connectivity index (χ1n) is 22.5. The third-order valence-electron chi connectivity index (χ3n) is 13.2. The Hall–Kier alpha value is -7.13. The van der Waals surface area contributed by atoms with Crippen LogP contribution in [0.1, 0.15) is 39.0 Å². The second-order valence-electron chi connectivity index (χ2n) is 17.4. The molecule has 1 spiro atoms. The second-order valence-corrected chi connectivity index (χ2v) is 20.0. The fourth-order valence-electron chi connectivity index (χ4n) is 9.70. The first kappa shape index (κ1) is 49.1. The Balaban J connectivity index is 0.754. The number of carboxylic acid groups (broad SMARTS) is 1. The number of amides is 3. The number of aliphatic carboxylic acids is 1. The summed E-state index contributed by atoms with van der Waals surface area (Å²) < 4.78 is 35.3. The lowest BCUT2D eigenvalue weighted by atomic mass is 9.77. The third-order valence-corrected chi connectivity index (χ3v) is 16.4. The molecule has 378 valence electrons. The number of para-hydroxylation sites is 1. The summed E-state index contributed by atoms with van der Waals surface area (Å²) in [6.07, 6.45) is -0.331. The van der Waals surface area contributed by atoms with E-state index in [1.54, 1.807) is 42.5 Å². The van der Waals surface area contributed by atoms with Gasteiger partial charge in [0.15, 0.2) is 17.9 Å². The standard InChI is InChI=1S/C51H36Cl4N4O14S/c1-57(25-5-3-2-4-6-25)26-9-13-29-32(17-26)71-33-18-28(12-14-30(33)51(29)37-36(49(66)73-51)38(52)40(54)41(55)39(37)53)70-50(67)69-20-23-7-10-27(11-8-23)68-21-24-22-74-47-42(46(63)59(47)43(24)48(64)65)56-45(62)44-31(15-16-60)72-35-19-34(61)58(35)44/h2-15,17-18,35,42,44,47,60H,16,19-22H2,1H3,(H,56,62)(H,64,65)/b31-15-/t35-,42-,44-,47?,51?/m1/s1. The fraction of sp³-hybridized carbons (Fsp3) is 0.216. The van der Waals surface area contributed by atoms with E-state index < -0.39 is 65.8 Å². The molecule has 3 saturated heterocycles. The van der Waals surface area contributed by atoms with E-state index in [0.29, 0.717) is 28.0 Å². The van der Waals surface area contributed by atoms with Crippen molar-refractivity contribution in [1.82, 2.24) is 15.1 Å². The van der Waals surface area contributed by atoms with Crippen molar-refractivity contribution in [1.29, 1.82) is 0 Å². The molecule has 3 N–H and O–H groups in total. The van der Waals surface area contributed by atoms with Gasteiger partial charge in [0.1, 0.15) is 59.1 Å². The summed E-state index contributed by atoms with van der Waals surface area (Å²) in [5, 5.41) is 21.1. The van der Waals surface area contributed by atoms with Crippen molar-refractivity contribution in [3.05, 3.63) is 162 Å². The lowest BCUT2D eigenvalue weighted by Gasteiger charge is -2.49. The normalized spacial score (nSPS) is 22.2.